The highest BCUT2D eigenvalue weighted by molar-refractivity contribution is 6.30. The number of rotatable bonds is 6. The number of ether oxygens (including phenoxy) is 1. The molecule has 0 unspecified atom stereocenters. The summed E-state index contributed by atoms with van der Waals surface area (Å²) in [5.41, 5.74) is 5.00. The van der Waals surface area contributed by atoms with Crippen LogP contribution >= 0.6 is 11.6 Å². The molecule has 1 aromatic heterocycles. The molecule has 3 aromatic rings. The summed E-state index contributed by atoms with van der Waals surface area (Å²) < 4.78 is 5.34. The minimum Gasteiger partial charge on any atom is -0.484 e. The van der Waals surface area contributed by atoms with Crippen molar-refractivity contribution in [1.29, 1.82) is 0 Å². The fraction of sp³-hybridized carbons (Fsp3) is 0.0556. The number of benzene rings is 2. The Kier molecular flexibility index (Phi) is 5.43. The van der Waals surface area contributed by atoms with Crippen LogP contribution in [0.25, 0.3) is 11.3 Å². The summed E-state index contributed by atoms with van der Waals surface area (Å²) in [4.78, 5) is 11.8. The van der Waals surface area contributed by atoms with Gasteiger partial charge in [-0.2, -0.15) is 10.2 Å². The smallest absolute Gasteiger partial charge is 0.277 e. The average Bonchev–Trinajstić information content (AvgIpc) is 3.10. The largest absolute Gasteiger partial charge is 0.484 e. The highest BCUT2D eigenvalue weighted by Crippen LogP contribution is 2.19. The topological polar surface area (TPSA) is 79.4 Å². The first-order valence-electron chi connectivity index (χ1n) is 7.51. The predicted octanol–water partition coefficient (Wildman–Crippen LogP) is 3.26. The van der Waals surface area contributed by atoms with Crippen LogP contribution in [0.4, 0.5) is 0 Å². The normalized spacial score (nSPS) is 10.8. The molecule has 6 nitrogen and oxygen atoms in total. The van der Waals surface area contributed by atoms with Crippen molar-refractivity contribution in [3.05, 3.63) is 71.4 Å². The maximum atomic E-state index is 11.8. The van der Waals surface area contributed by atoms with Crippen LogP contribution in [-0.4, -0.2) is 28.9 Å². The van der Waals surface area contributed by atoms with E-state index < -0.39 is 0 Å². The second-order valence-corrected chi connectivity index (χ2v) is 5.54. The molecule has 0 radical (unpaired) electrons. The van der Waals surface area contributed by atoms with Crippen molar-refractivity contribution in [2.24, 2.45) is 5.10 Å². The molecule has 0 aliphatic heterocycles. The Morgan fingerprint density at radius 1 is 1.20 bits per heavy atom. The van der Waals surface area contributed by atoms with Crippen LogP contribution in [0.3, 0.4) is 0 Å². The molecular formula is C18H15ClN4O2. The second kappa shape index (κ2) is 8.12. The molecule has 0 saturated carbocycles. The number of halogens is 1. The van der Waals surface area contributed by atoms with Gasteiger partial charge < -0.3 is 4.74 Å². The van der Waals surface area contributed by atoms with Gasteiger partial charge in [0.1, 0.15) is 5.75 Å². The number of hydrogen-bond donors (Lipinski definition) is 2. The Balaban J connectivity index is 1.54. The lowest BCUT2D eigenvalue weighted by atomic mass is 10.1. The fourth-order valence-electron chi connectivity index (χ4n) is 2.12. The van der Waals surface area contributed by atoms with Gasteiger partial charge in [0.05, 0.1) is 18.1 Å². The van der Waals surface area contributed by atoms with Crippen LogP contribution in [0.1, 0.15) is 5.56 Å². The van der Waals surface area contributed by atoms with E-state index in [0.29, 0.717) is 10.8 Å². The van der Waals surface area contributed by atoms with Crippen molar-refractivity contribution in [3.8, 4) is 17.0 Å². The van der Waals surface area contributed by atoms with Crippen LogP contribution in [-0.2, 0) is 4.79 Å². The molecule has 0 bridgehead atoms. The van der Waals surface area contributed by atoms with Crippen LogP contribution in [0.2, 0.25) is 5.02 Å². The lowest BCUT2D eigenvalue weighted by Crippen LogP contribution is -2.24. The van der Waals surface area contributed by atoms with Gasteiger partial charge in [-0.05, 0) is 24.3 Å². The first kappa shape index (κ1) is 16.7. The molecular weight excluding hydrogens is 340 g/mol. The molecule has 126 valence electrons. The first-order valence-corrected chi connectivity index (χ1v) is 7.89. The van der Waals surface area contributed by atoms with Crippen molar-refractivity contribution in [3.63, 3.8) is 0 Å². The summed E-state index contributed by atoms with van der Waals surface area (Å²) in [5, 5.41) is 11.5. The van der Waals surface area contributed by atoms with Gasteiger partial charge >= 0.3 is 0 Å². The molecule has 0 aliphatic carbocycles. The zero-order chi connectivity index (χ0) is 17.5. The average molecular weight is 355 g/mol. The van der Waals surface area contributed by atoms with Gasteiger partial charge in [0.15, 0.2) is 6.61 Å². The first-order chi connectivity index (χ1) is 12.2. The van der Waals surface area contributed by atoms with E-state index in [4.69, 9.17) is 16.3 Å². The van der Waals surface area contributed by atoms with E-state index in [9.17, 15) is 4.79 Å². The van der Waals surface area contributed by atoms with Crippen molar-refractivity contribution in [1.82, 2.24) is 15.6 Å². The van der Waals surface area contributed by atoms with Crippen LogP contribution in [0.15, 0.2) is 65.9 Å². The van der Waals surface area contributed by atoms with Crippen molar-refractivity contribution < 1.29 is 9.53 Å². The van der Waals surface area contributed by atoms with Gasteiger partial charge in [-0.15, -0.1) is 0 Å². The lowest BCUT2D eigenvalue weighted by Gasteiger charge is -2.04. The van der Waals surface area contributed by atoms with E-state index in [1.807, 2.05) is 30.3 Å². The Hall–Kier alpha value is -3.12. The number of H-pyrrole nitrogens is 1. The summed E-state index contributed by atoms with van der Waals surface area (Å²) in [5.74, 6) is 0.195. The van der Waals surface area contributed by atoms with E-state index in [0.717, 1.165) is 16.8 Å². The van der Waals surface area contributed by atoms with E-state index in [1.165, 1.54) is 6.21 Å². The number of hydrogen-bond acceptors (Lipinski definition) is 4. The van der Waals surface area contributed by atoms with Gasteiger partial charge in [-0.1, -0.05) is 41.9 Å². The highest BCUT2D eigenvalue weighted by Gasteiger charge is 2.06. The lowest BCUT2D eigenvalue weighted by molar-refractivity contribution is -0.123. The number of carbonyl (C=O) groups is 1. The molecule has 25 heavy (non-hydrogen) atoms. The summed E-state index contributed by atoms with van der Waals surface area (Å²) in [7, 11) is 0. The van der Waals surface area contributed by atoms with E-state index in [2.05, 4.69) is 20.7 Å². The quantitative estimate of drug-likeness (QED) is 0.526. The maximum absolute atomic E-state index is 11.8. The summed E-state index contributed by atoms with van der Waals surface area (Å²) in [6, 6.07) is 16.5. The number of aromatic amines is 1. The van der Waals surface area contributed by atoms with Crippen molar-refractivity contribution >= 4 is 23.7 Å². The van der Waals surface area contributed by atoms with Gasteiger partial charge in [-0.3, -0.25) is 9.89 Å². The Morgan fingerprint density at radius 3 is 2.72 bits per heavy atom. The SMILES string of the molecule is O=C(COc1ccc(Cl)cc1)N/N=C/c1cn[nH]c1-c1ccccc1. The number of aromatic nitrogens is 2. The zero-order valence-electron chi connectivity index (χ0n) is 13.1. The third kappa shape index (κ3) is 4.68. The van der Waals surface area contributed by atoms with Gasteiger partial charge in [0.25, 0.3) is 5.91 Å². The van der Waals surface area contributed by atoms with Crippen LogP contribution < -0.4 is 10.2 Å². The maximum Gasteiger partial charge on any atom is 0.277 e. The van der Waals surface area contributed by atoms with Crippen molar-refractivity contribution in [2.45, 2.75) is 0 Å². The van der Waals surface area contributed by atoms with E-state index >= 15 is 0 Å². The molecule has 0 aliphatic rings. The number of amides is 1. The molecule has 0 fully saturated rings. The molecule has 2 aromatic carbocycles. The Labute approximate surface area is 149 Å². The van der Waals surface area contributed by atoms with Gasteiger partial charge in [0, 0.05) is 16.1 Å². The number of nitrogens with one attached hydrogen (secondary N) is 2. The highest BCUT2D eigenvalue weighted by atomic mass is 35.5. The molecule has 1 heterocycles. The predicted molar refractivity (Wildman–Crippen MR) is 96.7 cm³/mol. The second-order valence-electron chi connectivity index (χ2n) is 5.10. The molecule has 0 saturated heterocycles. The Morgan fingerprint density at radius 2 is 1.96 bits per heavy atom. The van der Waals surface area contributed by atoms with E-state index in [1.54, 1.807) is 30.5 Å². The monoisotopic (exact) mass is 354 g/mol. The zero-order valence-corrected chi connectivity index (χ0v) is 13.9. The molecule has 7 heteroatoms. The third-order valence-corrected chi connectivity index (χ3v) is 3.56. The molecule has 1 amide bonds. The Bertz CT molecular complexity index is 860. The van der Waals surface area contributed by atoms with E-state index in [-0.39, 0.29) is 12.5 Å². The minimum absolute atomic E-state index is 0.143. The third-order valence-electron chi connectivity index (χ3n) is 3.31. The van der Waals surface area contributed by atoms with Gasteiger partial charge in [0.2, 0.25) is 0 Å². The van der Waals surface area contributed by atoms with Gasteiger partial charge in [-0.25, -0.2) is 5.43 Å². The summed E-state index contributed by atoms with van der Waals surface area (Å²) >= 11 is 5.79. The minimum atomic E-state index is -0.365. The molecule has 0 spiro atoms. The summed E-state index contributed by atoms with van der Waals surface area (Å²) in [6.45, 7) is -0.143. The fourth-order valence-corrected chi connectivity index (χ4v) is 2.24. The van der Waals surface area contributed by atoms with Crippen molar-refractivity contribution in [2.75, 3.05) is 6.61 Å². The number of hydrazone groups is 1. The summed E-state index contributed by atoms with van der Waals surface area (Å²) in [6.07, 6.45) is 3.17. The number of nitrogens with zero attached hydrogens (tertiary/aromatic N) is 2. The van der Waals surface area contributed by atoms with Crippen LogP contribution in [0.5, 0.6) is 5.75 Å². The van der Waals surface area contributed by atoms with Crippen LogP contribution in [0, 0.1) is 0 Å². The molecule has 3 rings (SSSR count). The molecule has 0 atom stereocenters. The standard InChI is InChI=1S/C18H15ClN4O2/c19-15-6-8-16(9-7-15)25-12-17(24)22-20-10-14-11-21-23-18(14)13-4-2-1-3-5-13/h1-11H,12H2,(H,21,23)(H,22,24)/b20-10+. The number of carbonyl (C=O) groups excluding carboxylic acids is 1. The molecule has 2 N–H and O–H groups in total.